The molecular weight excluding hydrogens is 266 g/mol. The van der Waals surface area contributed by atoms with E-state index in [1.54, 1.807) is 6.07 Å². The molecule has 1 aromatic carbocycles. The fraction of sp³-hybridized carbons (Fsp3) is 0.353. The van der Waals surface area contributed by atoms with E-state index in [1.807, 2.05) is 18.2 Å². The molecule has 0 saturated heterocycles. The molecule has 112 valence electrons. The van der Waals surface area contributed by atoms with Crippen molar-refractivity contribution in [2.45, 2.75) is 32.7 Å². The summed E-state index contributed by atoms with van der Waals surface area (Å²) >= 11 is 0. The number of hydrogen-bond donors (Lipinski definition) is 1. The molecule has 0 spiro atoms. The van der Waals surface area contributed by atoms with Crippen molar-refractivity contribution in [2.75, 3.05) is 12.4 Å². The lowest BCUT2D eigenvalue weighted by atomic mass is 9.86. The minimum Gasteiger partial charge on any atom is -0.467 e. The quantitative estimate of drug-likeness (QED) is 0.864. The van der Waals surface area contributed by atoms with Crippen LogP contribution in [-0.4, -0.2) is 13.1 Å². The van der Waals surface area contributed by atoms with Crippen LogP contribution in [-0.2, 0) is 16.7 Å². The molecule has 4 nitrogen and oxygen atoms in total. The average Bonchev–Trinajstić information content (AvgIpc) is 2.92. The molecule has 1 heterocycles. The molecule has 0 atom stereocenters. The van der Waals surface area contributed by atoms with Crippen molar-refractivity contribution in [1.82, 2.24) is 0 Å². The maximum atomic E-state index is 11.4. The van der Waals surface area contributed by atoms with Crippen LogP contribution in [0.1, 0.15) is 42.5 Å². The lowest BCUT2D eigenvalue weighted by Crippen LogP contribution is -2.14. The van der Waals surface area contributed by atoms with Crippen molar-refractivity contribution in [2.24, 2.45) is 0 Å². The van der Waals surface area contributed by atoms with Crippen LogP contribution in [0.4, 0.5) is 5.69 Å². The summed E-state index contributed by atoms with van der Waals surface area (Å²) < 4.78 is 10.0. The Kier molecular flexibility index (Phi) is 4.36. The summed E-state index contributed by atoms with van der Waals surface area (Å²) in [4.78, 5) is 11.4. The zero-order valence-corrected chi connectivity index (χ0v) is 12.9. The van der Waals surface area contributed by atoms with E-state index in [0.717, 1.165) is 5.69 Å². The number of nitrogens with one attached hydrogen (secondary N) is 1. The van der Waals surface area contributed by atoms with Crippen LogP contribution < -0.4 is 5.32 Å². The molecule has 2 aromatic rings. The van der Waals surface area contributed by atoms with E-state index in [1.165, 1.54) is 18.9 Å². The van der Waals surface area contributed by atoms with Gasteiger partial charge in [0, 0.05) is 5.69 Å². The van der Waals surface area contributed by atoms with Gasteiger partial charge in [0.1, 0.15) is 12.0 Å². The van der Waals surface area contributed by atoms with Gasteiger partial charge in [-0.25, -0.2) is 4.79 Å². The Morgan fingerprint density at radius 3 is 2.67 bits per heavy atom. The zero-order chi connectivity index (χ0) is 15.5. The molecule has 4 heteroatoms. The maximum absolute atomic E-state index is 11.4. The molecule has 0 unspecified atom stereocenters. The minimum atomic E-state index is -0.389. The Morgan fingerprint density at radius 2 is 2.00 bits per heavy atom. The summed E-state index contributed by atoms with van der Waals surface area (Å²) in [6.45, 7) is 7.05. The number of rotatable bonds is 4. The highest BCUT2D eigenvalue weighted by molar-refractivity contribution is 5.89. The Bertz CT molecular complexity index is 623. The van der Waals surface area contributed by atoms with Gasteiger partial charge in [-0.15, -0.1) is 0 Å². The summed E-state index contributed by atoms with van der Waals surface area (Å²) in [5.41, 5.74) is 2.80. The number of carbonyl (C=O) groups excluding carboxylic acids is 1. The monoisotopic (exact) mass is 287 g/mol. The van der Waals surface area contributed by atoms with Crippen LogP contribution in [0.25, 0.3) is 0 Å². The number of para-hydroxylation sites is 1. The normalized spacial score (nSPS) is 11.2. The van der Waals surface area contributed by atoms with Gasteiger partial charge >= 0.3 is 5.97 Å². The molecule has 0 aliphatic heterocycles. The summed E-state index contributed by atoms with van der Waals surface area (Å²) in [5, 5.41) is 3.36. The van der Waals surface area contributed by atoms with Crippen LogP contribution in [0, 0.1) is 0 Å². The average molecular weight is 287 g/mol. The summed E-state index contributed by atoms with van der Waals surface area (Å²) in [5.74, 6) is 0.305. The second-order valence-corrected chi connectivity index (χ2v) is 5.94. The zero-order valence-electron chi connectivity index (χ0n) is 12.9. The van der Waals surface area contributed by atoms with E-state index < -0.39 is 0 Å². The van der Waals surface area contributed by atoms with E-state index >= 15 is 0 Å². The van der Waals surface area contributed by atoms with Crippen LogP contribution >= 0.6 is 0 Å². The van der Waals surface area contributed by atoms with Crippen LogP contribution in [0.5, 0.6) is 0 Å². The number of methoxy groups -OCH3 is 1. The summed E-state index contributed by atoms with van der Waals surface area (Å²) in [7, 11) is 1.35. The Hall–Kier alpha value is -2.23. The van der Waals surface area contributed by atoms with Crippen molar-refractivity contribution in [3.63, 3.8) is 0 Å². The van der Waals surface area contributed by atoms with E-state index in [4.69, 9.17) is 4.42 Å². The Labute approximate surface area is 125 Å². The Balaban J connectivity index is 2.10. The molecule has 0 amide bonds. The van der Waals surface area contributed by atoms with E-state index in [2.05, 4.69) is 36.9 Å². The van der Waals surface area contributed by atoms with Crippen LogP contribution in [0.3, 0.4) is 0 Å². The molecule has 0 fully saturated rings. The molecule has 1 aromatic heterocycles. The first-order chi connectivity index (χ1) is 9.91. The first-order valence-electron chi connectivity index (χ1n) is 6.91. The number of hydrogen-bond acceptors (Lipinski definition) is 4. The topological polar surface area (TPSA) is 51.5 Å². The van der Waals surface area contributed by atoms with E-state index in [-0.39, 0.29) is 11.4 Å². The largest absolute Gasteiger partial charge is 0.467 e. The third kappa shape index (κ3) is 3.66. The second-order valence-electron chi connectivity index (χ2n) is 5.94. The molecule has 0 radical (unpaired) electrons. The maximum Gasteiger partial charge on any atom is 0.341 e. The number of benzene rings is 1. The first-order valence-corrected chi connectivity index (χ1v) is 6.91. The fourth-order valence-electron chi connectivity index (χ4n) is 2.17. The first kappa shape index (κ1) is 15.2. The van der Waals surface area contributed by atoms with Gasteiger partial charge in [-0.1, -0.05) is 39.0 Å². The number of esters is 1. The molecule has 21 heavy (non-hydrogen) atoms. The predicted molar refractivity (Wildman–Crippen MR) is 82.5 cm³/mol. The van der Waals surface area contributed by atoms with Gasteiger partial charge in [-0.05, 0) is 23.1 Å². The number of carbonyl (C=O) groups is 1. The standard InChI is InChI=1S/C17H21NO3/c1-17(2,3)14-7-5-6-8-15(14)18-10-13-9-12(11-21-13)16(19)20-4/h5-9,11,18H,10H2,1-4H3. The highest BCUT2D eigenvalue weighted by Gasteiger charge is 2.17. The smallest absolute Gasteiger partial charge is 0.341 e. The fourth-order valence-corrected chi connectivity index (χ4v) is 2.17. The van der Waals surface area contributed by atoms with Gasteiger partial charge in [0.15, 0.2) is 0 Å². The van der Waals surface area contributed by atoms with Gasteiger partial charge in [0.2, 0.25) is 0 Å². The van der Waals surface area contributed by atoms with E-state index in [0.29, 0.717) is 17.9 Å². The third-order valence-corrected chi connectivity index (χ3v) is 3.26. The lowest BCUT2D eigenvalue weighted by molar-refractivity contribution is 0.0600. The predicted octanol–water partition coefficient (Wildman–Crippen LogP) is 3.98. The van der Waals surface area contributed by atoms with Crippen molar-refractivity contribution in [1.29, 1.82) is 0 Å². The molecule has 0 saturated carbocycles. The number of ether oxygens (including phenoxy) is 1. The van der Waals surface area contributed by atoms with Crippen molar-refractivity contribution < 1.29 is 13.9 Å². The van der Waals surface area contributed by atoms with Crippen molar-refractivity contribution >= 4 is 11.7 Å². The molecule has 0 bridgehead atoms. The SMILES string of the molecule is COC(=O)c1coc(CNc2ccccc2C(C)(C)C)c1. The molecule has 0 aliphatic carbocycles. The minimum absolute atomic E-state index is 0.0595. The molecular formula is C17H21NO3. The van der Waals surface area contributed by atoms with Gasteiger partial charge in [0.05, 0.1) is 19.2 Å². The highest BCUT2D eigenvalue weighted by Crippen LogP contribution is 2.29. The van der Waals surface area contributed by atoms with Gasteiger partial charge < -0.3 is 14.5 Å². The second kappa shape index (κ2) is 6.04. The summed E-state index contributed by atoms with van der Waals surface area (Å²) in [6.07, 6.45) is 1.42. The van der Waals surface area contributed by atoms with Gasteiger partial charge in [-0.3, -0.25) is 0 Å². The third-order valence-electron chi connectivity index (χ3n) is 3.26. The van der Waals surface area contributed by atoms with E-state index in [9.17, 15) is 4.79 Å². The van der Waals surface area contributed by atoms with Crippen LogP contribution in [0.2, 0.25) is 0 Å². The van der Waals surface area contributed by atoms with Crippen molar-refractivity contribution in [3.05, 3.63) is 53.5 Å². The lowest BCUT2D eigenvalue weighted by Gasteiger charge is -2.23. The molecule has 2 rings (SSSR count). The molecule has 0 aliphatic rings. The van der Waals surface area contributed by atoms with Gasteiger partial charge in [0.25, 0.3) is 0 Å². The van der Waals surface area contributed by atoms with Crippen molar-refractivity contribution in [3.8, 4) is 0 Å². The highest BCUT2D eigenvalue weighted by atomic mass is 16.5. The number of anilines is 1. The summed E-state index contributed by atoms with van der Waals surface area (Å²) in [6, 6.07) is 9.89. The Morgan fingerprint density at radius 1 is 1.29 bits per heavy atom. The van der Waals surface area contributed by atoms with Crippen LogP contribution in [0.15, 0.2) is 41.0 Å². The molecule has 1 N–H and O–H groups in total. The number of furan rings is 1. The van der Waals surface area contributed by atoms with Gasteiger partial charge in [-0.2, -0.15) is 0 Å².